The molecule has 0 aromatic heterocycles. The second kappa shape index (κ2) is 8.56. The molecular weight excluding hydrogens is 396 g/mol. The van der Waals surface area contributed by atoms with E-state index in [1.54, 1.807) is 17.2 Å². The second-order valence-electron chi connectivity index (χ2n) is 7.20. The van der Waals surface area contributed by atoms with Gasteiger partial charge in [0.1, 0.15) is 0 Å². The molecule has 4 nitrogen and oxygen atoms in total. The van der Waals surface area contributed by atoms with E-state index in [0.717, 1.165) is 22.3 Å². The normalized spacial score (nSPS) is 14.9. The van der Waals surface area contributed by atoms with E-state index in [-0.39, 0.29) is 24.3 Å². The highest BCUT2D eigenvalue weighted by molar-refractivity contribution is 6.34. The third kappa shape index (κ3) is 4.14. The minimum Gasteiger partial charge on any atom is -0.325 e. The van der Waals surface area contributed by atoms with Crippen LogP contribution in [0.1, 0.15) is 30.5 Å². The molecule has 150 valence electrons. The highest BCUT2D eigenvalue weighted by Gasteiger charge is 2.28. The fraction of sp³-hybridized carbons (Fsp3) is 0.120. The maximum atomic E-state index is 12.8. The number of carbonyl (C=O) groups excluding carboxylic acids is 2. The van der Waals surface area contributed by atoms with Gasteiger partial charge in [-0.1, -0.05) is 72.3 Å². The predicted molar refractivity (Wildman–Crippen MR) is 121 cm³/mol. The van der Waals surface area contributed by atoms with Crippen LogP contribution in [0.2, 0.25) is 5.02 Å². The van der Waals surface area contributed by atoms with Crippen molar-refractivity contribution in [3.63, 3.8) is 0 Å². The van der Waals surface area contributed by atoms with E-state index in [2.05, 4.69) is 5.32 Å². The van der Waals surface area contributed by atoms with Crippen molar-refractivity contribution >= 4 is 35.2 Å². The minimum atomic E-state index is -0.355. The molecule has 1 heterocycles. The number of anilines is 1. The van der Waals surface area contributed by atoms with Crippen LogP contribution in [0, 0.1) is 0 Å². The van der Waals surface area contributed by atoms with Crippen molar-refractivity contribution in [3.8, 4) is 11.1 Å². The zero-order valence-corrected chi connectivity index (χ0v) is 17.3. The molecule has 0 radical (unpaired) electrons. The fourth-order valence-corrected chi connectivity index (χ4v) is 3.94. The van der Waals surface area contributed by atoms with Crippen molar-refractivity contribution in [1.29, 1.82) is 0 Å². The first-order chi connectivity index (χ1) is 14.5. The lowest BCUT2D eigenvalue weighted by Gasteiger charge is -2.32. The lowest BCUT2D eigenvalue weighted by Crippen LogP contribution is -2.33. The summed E-state index contributed by atoms with van der Waals surface area (Å²) in [7, 11) is 0. The minimum absolute atomic E-state index is 0.108. The molecule has 3 aromatic carbocycles. The summed E-state index contributed by atoms with van der Waals surface area (Å²) >= 11 is 6.44. The summed E-state index contributed by atoms with van der Waals surface area (Å²) in [5.41, 5.74) is 4.55. The van der Waals surface area contributed by atoms with Crippen molar-refractivity contribution in [2.24, 2.45) is 0 Å². The quantitative estimate of drug-likeness (QED) is 0.574. The highest BCUT2D eigenvalue weighted by Crippen LogP contribution is 2.34. The molecule has 0 saturated heterocycles. The fourth-order valence-electron chi connectivity index (χ4n) is 3.72. The van der Waals surface area contributed by atoms with E-state index in [0.29, 0.717) is 10.7 Å². The van der Waals surface area contributed by atoms with Crippen LogP contribution in [0.5, 0.6) is 0 Å². The number of amides is 2. The summed E-state index contributed by atoms with van der Waals surface area (Å²) < 4.78 is 0. The van der Waals surface area contributed by atoms with Crippen molar-refractivity contribution in [2.45, 2.75) is 19.4 Å². The molecule has 1 unspecified atom stereocenters. The number of carbonyl (C=O) groups is 2. The maximum absolute atomic E-state index is 12.8. The average molecular weight is 417 g/mol. The molecule has 0 spiro atoms. The molecule has 1 aliphatic rings. The van der Waals surface area contributed by atoms with Gasteiger partial charge in [0.25, 0.3) is 0 Å². The SMILES string of the molecule is CC(=O)N1C=Cc2ccccc2C1CC(=O)Nc1ccc(-c2ccccc2)cc1Cl. The van der Waals surface area contributed by atoms with Crippen molar-refractivity contribution in [1.82, 2.24) is 4.90 Å². The maximum Gasteiger partial charge on any atom is 0.226 e. The van der Waals surface area contributed by atoms with Crippen LogP contribution in [-0.2, 0) is 9.59 Å². The molecule has 1 aliphatic heterocycles. The number of nitrogens with zero attached hydrogens (tertiary/aromatic N) is 1. The predicted octanol–water partition coefficient (Wildman–Crippen LogP) is 5.91. The number of hydrogen-bond donors (Lipinski definition) is 1. The molecule has 0 aliphatic carbocycles. The Kier molecular flexibility index (Phi) is 5.68. The monoisotopic (exact) mass is 416 g/mol. The third-order valence-corrected chi connectivity index (χ3v) is 5.51. The number of hydrogen-bond acceptors (Lipinski definition) is 2. The van der Waals surface area contributed by atoms with Gasteiger partial charge >= 0.3 is 0 Å². The number of benzene rings is 3. The molecule has 5 heteroatoms. The molecule has 0 bridgehead atoms. The number of rotatable bonds is 4. The number of halogens is 1. The highest BCUT2D eigenvalue weighted by atomic mass is 35.5. The Morgan fingerprint density at radius 3 is 2.43 bits per heavy atom. The van der Waals surface area contributed by atoms with Gasteiger partial charge in [-0.3, -0.25) is 9.59 Å². The van der Waals surface area contributed by atoms with Gasteiger partial charge in [-0.05, 0) is 40.5 Å². The summed E-state index contributed by atoms with van der Waals surface area (Å²) in [6.45, 7) is 1.50. The summed E-state index contributed by atoms with van der Waals surface area (Å²) in [6, 6.07) is 22.9. The molecular formula is C25H21ClN2O2. The van der Waals surface area contributed by atoms with Crippen LogP contribution in [0.15, 0.2) is 79.0 Å². The van der Waals surface area contributed by atoms with Crippen LogP contribution < -0.4 is 5.32 Å². The Labute approximate surface area is 180 Å². The standard InChI is InChI=1S/C25H21ClN2O2/c1-17(29)28-14-13-19-9-5-6-10-21(19)24(28)16-25(30)27-23-12-11-20(15-22(23)26)18-7-3-2-4-8-18/h2-15,24H,16H2,1H3,(H,27,30). The Balaban J connectivity index is 1.53. The lowest BCUT2D eigenvalue weighted by molar-refractivity contribution is -0.129. The van der Waals surface area contributed by atoms with Gasteiger partial charge in [0.15, 0.2) is 0 Å². The van der Waals surface area contributed by atoms with E-state index in [1.807, 2.05) is 72.8 Å². The van der Waals surface area contributed by atoms with Crippen molar-refractivity contribution in [2.75, 3.05) is 5.32 Å². The molecule has 3 aromatic rings. The van der Waals surface area contributed by atoms with Crippen LogP contribution in [0.3, 0.4) is 0 Å². The molecule has 4 rings (SSSR count). The van der Waals surface area contributed by atoms with Crippen LogP contribution in [0.25, 0.3) is 17.2 Å². The number of nitrogens with one attached hydrogen (secondary N) is 1. The van der Waals surface area contributed by atoms with Gasteiger partial charge in [0, 0.05) is 13.1 Å². The van der Waals surface area contributed by atoms with Gasteiger partial charge in [0.05, 0.1) is 23.2 Å². The zero-order valence-electron chi connectivity index (χ0n) is 16.5. The number of fused-ring (bicyclic) bond motifs is 1. The molecule has 2 amide bonds. The summed E-state index contributed by atoms with van der Waals surface area (Å²) in [6.07, 6.45) is 3.77. The Morgan fingerprint density at radius 1 is 0.967 bits per heavy atom. The summed E-state index contributed by atoms with van der Waals surface area (Å²) in [5.74, 6) is -0.311. The van der Waals surface area contributed by atoms with Crippen LogP contribution in [0.4, 0.5) is 5.69 Å². The topological polar surface area (TPSA) is 49.4 Å². The van der Waals surface area contributed by atoms with E-state index >= 15 is 0 Å². The average Bonchev–Trinajstić information content (AvgIpc) is 2.76. The van der Waals surface area contributed by atoms with Gasteiger partial charge in [0.2, 0.25) is 11.8 Å². The van der Waals surface area contributed by atoms with E-state index in [4.69, 9.17) is 11.6 Å². The van der Waals surface area contributed by atoms with E-state index < -0.39 is 0 Å². The Bertz CT molecular complexity index is 1130. The van der Waals surface area contributed by atoms with Gasteiger partial charge in [-0.15, -0.1) is 0 Å². The van der Waals surface area contributed by atoms with Crippen molar-refractivity contribution < 1.29 is 9.59 Å². The summed E-state index contributed by atoms with van der Waals surface area (Å²) in [4.78, 5) is 26.5. The second-order valence-corrected chi connectivity index (χ2v) is 7.61. The van der Waals surface area contributed by atoms with Crippen molar-refractivity contribution in [3.05, 3.63) is 95.1 Å². The zero-order chi connectivity index (χ0) is 21.1. The van der Waals surface area contributed by atoms with Gasteiger partial charge in [-0.25, -0.2) is 0 Å². The Morgan fingerprint density at radius 2 is 1.70 bits per heavy atom. The van der Waals surface area contributed by atoms with Crippen LogP contribution >= 0.6 is 11.6 Å². The first-order valence-electron chi connectivity index (χ1n) is 9.74. The molecule has 0 fully saturated rings. The van der Waals surface area contributed by atoms with E-state index in [9.17, 15) is 9.59 Å². The van der Waals surface area contributed by atoms with E-state index in [1.165, 1.54) is 6.92 Å². The largest absolute Gasteiger partial charge is 0.325 e. The smallest absolute Gasteiger partial charge is 0.226 e. The van der Waals surface area contributed by atoms with Gasteiger partial charge in [-0.2, -0.15) is 0 Å². The lowest BCUT2D eigenvalue weighted by atomic mass is 9.93. The van der Waals surface area contributed by atoms with Gasteiger partial charge < -0.3 is 10.2 Å². The van der Waals surface area contributed by atoms with Crippen LogP contribution in [-0.4, -0.2) is 16.7 Å². The Hall–Kier alpha value is -3.37. The molecule has 0 saturated carbocycles. The first kappa shape index (κ1) is 19.9. The molecule has 1 N–H and O–H groups in total. The summed E-state index contributed by atoms with van der Waals surface area (Å²) in [5, 5.41) is 3.36. The molecule has 30 heavy (non-hydrogen) atoms. The molecule has 1 atom stereocenters. The third-order valence-electron chi connectivity index (χ3n) is 5.20. The first-order valence-corrected chi connectivity index (χ1v) is 10.1.